The monoisotopic (exact) mass is 1060 g/mol. The zero-order valence-electron chi connectivity index (χ0n) is 40.9. The van der Waals surface area contributed by atoms with Gasteiger partial charge in [0.25, 0.3) is 0 Å². The van der Waals surface area contributed by atoms with Crippen LogP contribution in [0.4, 0.5) is 0 Å². The van der Waals surface area contributed by atoms with Crippen LogP contribution in [-0.2, 0) is 68.8 Å². The largest absolute Gasteiger partial charge is 0.508 e. The number of phenolic OH excluding ortho intramolecular Hbond substituents is 3. The van der Waals surface area contributed by atoms with Crippen LogP contribution in [0.5, 0.6) is 17.2 Å². The number of hydrogen-bond acceptors (Lipinski definition) is 15. The zero-order chi connectivity index (χ0) is 55.2. The number of carboxylic acid groups (broad SMARTS) is 2. The van der Waals surface area contributed by atoms with Gasteiger partial charge < -0.3 is 73.6 Å². The first kappa shape index (κ1) is 59.3. The van der Waals surface area contributed by atoms with Gasteiger partial charge in [-0.1, -0.05) is 66.7 Å². The van der Waals surface area contributed by atoms with Crippen LogP contribution in [0.15, 0.2) is 103 Å². The number of aliphatic hydroxyl groups excluding tert-OH is 1. The molecule has 0 heterocycles. The maximum atomic E-state index is 14.0. The standard InChI is InChI=1S/C51H62N8O15S/c1-28(44(66)54-37(20-21-75-2)46(68)57-40(26-43(64)65)49(71)58-41(51(73)74)25-32-12-18-35(63)19-13-32)53-47(69)38(24-31-10-16-34(62)17-11-31)56-50(72)42(27-60)59-48(70)39(23-29-6-4-3-5-7-29)55-45(67)36(52)22-30-8-14-33(61)15-9-30/h3-19,28,36-42,60-63H,20-27,52H2,1-2H3,(H,53,69)(H,54,66)(H,55,67)(H,56,72)(H,57,68)(H,58,71)(H,59,70)(H,64,65)(H,73,74)/t28-,36-,37-,38-,39-,40-,41-,42-/m0/s1. The lowest BCUT2D eigenvalue weighted by Gasteiger charge is -2.27. The van der Waals surface area contributed by atoms with Gasteiger partial charge in [0, 0.05) is 19.3 Å². The van der Waals surface area contributed by atoms with Crippen LogP contribution >= 0.6 is 11.8 Å². The maximum absolute atomic E-state index is 14.0. The van der Waals surface area contributed by atoms with Crippen molar-refractivity contribution in [1.29, 1.82) is 0 Å². The summed E-state index contributed by atoms with van der Waals surface area (Å²) in [4.78, 5) is 120. The molecule has 0 fully saturated rings. The number of aliphatic carboxylic acids is 2. The van der Waals surface area contributed by atoms with Gasteiger partial charge in [-0.15, -0.1) is 0 Å². The molecule has 15 N–H and O–H groups in total. The minimum Gasteiger partial charge on any atom is -0.508 e. The lowest BCUT2D eigenvalue weighted by molar-refractivity contribution is -0.143. The molecule has 402 valence electrons. The third kappa shape index (κ3) is 20.0. The number of aromatic hydroxyl groups is 3. The SMILES string of the molecule is CSCC[C@H](NC(=O)[C@H](C)NC(=O)[C@H](Cc1ccc(O)cc1)NC(=O)[C@H](CO)NC(=O)[C@H](Cc1ccccc1)NC(=O)[C@@H](N)Cc1ccc(O)cc1)C(=O)N[C@@H](CC(=O)O)C(=O)N[C@@H](Cc1ccc(O)cc1)C(=O)O. The van der Waals surface area contributed by atoms with E-state index in [1.54, 1.807) is 48.7 Å². The molecular formula is C51H62N8O15S. The summed E-state index contributed by atoms with van der Waals surface area (Å²) < 4.78 is 0. The first-order chi connectivity index (χ1) is 35.6. The maximum Gasteiger partial charge on any atom is 0.326 e. The number of benzene rings is 4. The number of phenols is 3. The third-order valence-corrected chi connectivity index (χ3v) is 12.1. The van der Waals surface area contributed by atoms with E-state index in [0.29, 0.717) is 22.3 Å². The van der Waals surface area contributed by atoms with Gasteiger partial charge in [0.1, 0.15) is 59.5 Å². The van der Waals surface area contributed by atoms with Gasteiger partial charge in [-0.3, -0.25) is 38.4 Å². The van der Waals surface area contributed by atoms with Crippen molar-refractivity contribution in [3.8, 4) is 17.2 Å². The highest BCUT2D eigenvalue weighted by Gasteiger charge is 2.34. The lowest BCUT2D eigenvalue weighted by Crippen LogP contribution is -2.61. The zero-order valence-corrected chi connectivity index (χ0v) is 41.8. The highest BCUT2D eigenvalue weighted by Crippen LogP contribution is 2.15. The number of aliphatic hydroxyl groups is 1. The molecule has 8 atom stereocenters. The number of thioether (sulfide) groups is 1. The molecule has 0 saturated carbocycles. The molecule has 23 nitrogen and oxygen atoms in total. The normalized spacial score (nSPS) is 14.1. The predicted octanol–water partition coefficient (Wildman–Crippen LogP) is -0.880. The van der Waals surface area contributed by atoms with Crippen molar-refractivity contribution < 1.29 is 73.8 Å². The number of carbonyl (C=O) groups is 9. The topological polar surface area (TPSA) is 385 Å². The molecule has 75 heavy (non-hydrogen) atoms. The summed E-state index contributed by atoms with van der Waals surface area (Å²) in [5.41, 5.74) is 8.26. The summed E-state index contributed by atoms with van der Waals surface area (Å²) in [6.07, 6.45) is 0.129. The molecule has 7 amide bonds. The summed E-state index contributed by atoms with van der Waals surface area (Å²) >= 11 is 1.28. The van der Waals surface area contributed by atoms with Crippen LogP contribution in [0.25, 0.3) is 0 Å². The molecule has 4 rings (SSSR count). The predicted molar refractivity (Wildman–Crippen MR) is 273 cm³/mol. The Kier molecular flexibility index (Phi) is 23.3. The summed E-state index contributed by atoms with van der Waals surface area (Å²) in [6.45, 7) is 0.274. The number of nitrogens with one attached hydrogen (secondary N) is 7. The number of rotatable bonds is 29. The molecule has 0 aromatic heterocycles. The van der Waals surface area contributed by atoms with Crippen molar-refractivity contribution >= 4 is 65.1 Å². The average Bonchev–Trinajstić information content (AvgIpc) is 3.37. The smallest absolute Gasteiger partial charge is 0.326 e. The average molecular weight is 1060 g/mol. The van der Waals surface area contributed by atoms with E-state index < -0.39 is 115 Å². The fraction of sp³-hybridized carbons (Fsp3) is 0.353. The summed E-state index contributed by atoms with van der Waals surface area (Å²) in [6, 6.07) is 13.7. The van der Waals surface area contributed by atoms with Gasteiger partial charge in [-0.2, -0.15) is 11.8 Å². The van der Waals surface area contributed by atoms with E-state index in [0.717, 1.165) is 0 Å². The Hall–Kier alpha value is -8.22. The van der Waals surface area contributed by atoms with Crippen molar-refractivity contribution in [3.63, 3.8) is 0 Å². The molecule has 0 bridgehead atoms. The molecule has 0 saturated heterocycles. The van der Waals surface area contributed by atoms with Crippen molar-refractivity contribution in [2.24, 2.45) is 5.73 Å². The molecule has 4 aromatic carbocycles. The van der Waals surface area contributed by atoms with Crippen LogP contribution in [0.1, 0.15) is 42.0 Å². The highest BCUT2D eigenvalue weighted by atomic mass is 32.2. The second-order valence-electron chi connectivity index (χ2n) is 17.4. The second kappa shape index (κ2) is 29.5. The van der Waals surface area contributed by atoms with Crippen LogP contribution < -0.4 is 43.0 Å². The molecule has 24 heteroatoms. The van der Waals surface area contributed by atoms with E-state index in [4.69, 9.17) is 5.73 Å². The van der Waals surface area contributed by atoms with Crippen molar-refractivity contribution in [3.05, 3.63) is 125 Å². The van der Waals surface area contributed by atoms with E-state index >= 15 is 0 Å². The molecule has 0 unspecified atom stereocenters. The Morgan fingerprint density at radius 3 is 1.32 bits per heavy atom. The molecule has 0 aliphatic carbocycles. The van der Waals surface area contributed by atoms with Crippen LogP contribution in [0, 0.1) is 0 Å². The fourth-order valence-electron chi connectivity index (χ4n) is 7.31. The molecular weight excluding hydrogens is 997 g/mol. The van der Waals surface area contributed by atoms with Gasteiger partial charge >= 0.3 is 11.9 Å². The minimum atomic E-state index is -1.81. The molecule has 4 aromatic rings. The molecule has 0 spiro atoms. The van der Waals surface area contributed by atoms with E-state index in [9.17, 15) is 73.8 Å². The van der Waals surface area contributed by atoms with Gasteiger partial charge in [0.2, 0.25) is 41.4 Å². The number of nitrogens with two attached hydrogens (primary N) is 1. The second-order valence-corrected chi connectivity index (χ2v) is 18.4. The Balaban J connectivity index is 1.48. The molecule has 0 aliphatic rings. The Labute approximate surface area is 435 Å². The Morgan fingerprint density at radius 1 is 0.467 bits per heavy atom. The van der Waals surface area contributed by atoms with Gasteiger partial charge in [-0.05, 0) is 90.4 Å². The minimum absolute atomic E-state index is 0.0117. The quantitative estimate of drug-likeness (QED) is 0.0314. The van der Waals surface area contributed by atoms with Crippen LogP contribution in [0.3, 0.4) is 0 Å². The number of carbonyl (C=O) groups excluding carboxylic acids is 7. The number of hydrogen-bond donors (Lipinski definition) is 14. The number of carboxylic acids is 2. The summed E-state index contributed by atoms with van der Waals surface area (Å²) in [5, 5.41) is 75.9. The first-order valence-corrected chi connectivity index (χ1v) is 24.9. The number of amides is 7. The summed E-state index contributed by atoms with van der Waals surface area (Å²) in [5.74, 6) is -9.65. The van der Waals surface area contributed by atoms with Crippen molar-refractivity contribution in [2.45, 2.75) is 93.8 Å². The molecule has 0 aliphatic heterocycles. The molecule has 0 radical (unpaired) electrons. The third-order valence-electron chi connectivity index (χ3n) is 11.5. The van der Waals surface area contributed by atoms with Crippen LogP contribution in [-0.4, -0.2) is 151 Å². The van der Waals surface area contributed by atoms with Gasteiger partial charge in [0.05, 0.1) is 19.1 Å². The van der Waals surface area contributed by atoms with Crippen molar-refractivity contribution in [1.82, 2.24) is 37.2 Å². The van der Waals surface area contributed by atoms with Crippen LogP contribution in [0.2, 0.25) is 0 Å². The van der Waals surface area contributed by atoms with E-state index in [1.165, 1.54) is 79.3 Å². The first-order valence-electron chi connectivity index (χ1n) is 23.5. The Bertz CT molecular complexity index is 2590. The van der Waals surface area contributed by atoms with E-state index in [-0.39, 0.29) is 55.1 Å². The lowest BCUT2D eigenvalue weighted by atomic mass is 10.0. The Morgan fingerprint density at radius 2 is 0.840 bits per heavy atom. The van der Waals surface area contributed by atoms with Gasteiger partial charge in [-0.25, -0.2) is 4.79 Å². The van der Waals surface area contributed by atoms with Gasteiger partial charge in [0.15, 0.2) is 0 Å². The van der Waals surface area contributed by atoms with E-state index in [2.05, 4.69) is 37.2 Å². The fourth-order valence-corrected chi connectivity index (χ4v) is 7.78. The summed E-state index contributed by atoms with van der Waals surface area (Å²) in [7, 11) is 0. The van der Waals surface area contributed by atoms with Crippen molar-refractivity contribution in [2.75, 3.05) is 18.6 Å². The highest BCUT2D eigenvalue weighted by molar-refractivity contribution is 7.98. The van der Waals surface area contributed by atoms with E-state index in [1.807, 2.05) is 0 Å².